The summed E-state index contributed by atoms with van der Waals surface area (Å²) in [6.07, 6.45) is 4.77. The third-order valence-corrected chi connectivity index (χ3v) is 6.44. The highest BCUT2D eigenvalue weighted by Crippen LogP contribution is 2.40. The molecule has 0 saturated carbocycles. The van der Waals surface area contributed by atoms with Gasteiger partial charge in [0.2, 0.25) is 6.79 Å². The van der Waals surface area contributed by atoms with E-state index in [4.69, 9.17) is 18.9 Å². The van der Waals surface area contributed by atoms with Gasteiger partial charge < -0.3 is 29.2 Å². The third-order valence-electron chi connectivity index (χ3n) is 6.44. The van der Waals surface area contributed by atoms with E-state index in [9.17, 15) is 15.0 Å². The molecule has 0 atom stereocenters. The largest absolute Gasteiger partial charge is 0.506 e. The van der Waals surface area contributed by atoms with E-state index in [1.807, 2.05) is 11.5 Å². The number of hydrogen-bond acceptors (Lipinski definition) is 7. The van der Waals surface area contributed by atoms with Gasteiger partial charge in [0, 0.05) is 36.1 Å². The van der Waals surface area contributed by atoms with Gasteiger partial charge in [-0.05, 0) is 36.6 Å². The molecule has 0 saturated heterocycles. The predicted molar refractivity (Wildman–Crippen MR) is 138 cm³/mol. The zero-order chi connectivity index (χ0) is 26.5. The number of allylic oxidation sites excluding steroid dienone is 1. The standard InChI is InChI=1S/C28H32N2O7/c1-5-7-8-27-29-15-22(30(27)21-10-9-18(34-3)13-23(21)31)19(6-2)20(28(32)33)11-17-12-25-26(37-16-36-25)14-24(17)35-4/h9-10,12-15,31H,5-8,11,16H2,1-4H3,(H,32,33). The Hall–Kier alpha value is -4.14. The molecule has 2 heterocycles. The molecule has 0 aliphatic carbocycles. The van der Waals surface area contributed by atoms with Gasteiger partial charge in [0.25, 0.3) is 0 Å². The maximum atomic E-state index is 12.6. The van der Waals surface area contributed by atoms with Crippen molar-refractivity contribution in [2.75, 3.05) is 21.0 Å². The lowest BCUT2D eigenvalue weighted by Crippen LogP contribution is -2.12. The van der Waals surface area contributed by atoms with Gasteiger partial charge in [-0.25, -0.2) is 9.78 Å². The molecule has 1 aromatic heterocycles. The van der Waals surface area contributed by atoms with Gasteiger partial charge in [-0.15, -0.1) is 0 Å². The van der Waals surface area contributed by atoms with Crippen LogP contribution in [0.15, 0.2) is 42.1 Å². The van der Waals surface area contributed by atoms with Crippen molar-refractivity contribution in [1.82, 2.24) is 9.55 Å². The average Bonchev–Trinajstić information content (AvgIpc) is 3.53. The summed E-state index contributed by atoms with van der Waals surface area (Å²) in [6.45, 7) is 4.11. The number of phenolic OH excluding ortho intramolecular Hbond substituents is 1. The Labute approximate surface area is 215 Å². The Bertz CT molecular complexity index is 1330. The number of aromatic nitrogens is 2. The lowest BCUT2D eigenvalue weighted by atomic mass is 9.95. The molecule has 9 heteroatoms. The van der Waals surface area contributed by atoms with Crippen LogP contribution in [-0.4, -0.2) is 46.7 Å². The molecule has 0 bridgehead atoms. The fraction of sp³-hybridized carbons (Fsp3) is 0.357. The topological polar surface area (TPSA) is 112 Å². The van der Waals surface area contributed by atoms with Crippen molar-refractivity contribution < 1.29 is 34.0 Å². The Balaban J connectivity index is 1.88. The van der Waals surface area contributed by atoms with Gasteiger partial charge >= 0.3 is 5.97 Å². The molecular weight excluding hydrogens is 476 g/mol. The Kier molecular flexibility index (Phi) is 7.91. The number of aromatic hydroxyl groups is 1. The van der Waals surface area contributed by atoms with E-state index in [0.29, 0.717) is 58.4 Å². The second kappa shape index (κ2) is 11.3. The summed E-state index contributed by atoms with van der Waals surface area (Å²) in [5, 5.41) is 21.2. The number of phenols is 1. The number of imidazole rings is 1. The molecule has 2 N–H and O–H groups in total. The number of carboxylic acid groups (broad SMARTS) is 1. The van der Waals surface area contributed by atoms with Crippen LogP contribution >= 0.6 is 0 Å². The molecule has 9 nitrogen and oxygen atoms in total. The number of carbonyl (C=O) groups is 1. The van der Waals surface area contributed by atoms with E-state index in [2.05, 4.69) is 11.9 Å². The van der Waals surface area contributed by atoms with Gasteiger partial charge in [-0.1, -0.05) is 20.3 Å². The van der Waals surface area contributed by atoms with Crippen molar-refractivity contribution in [3.8, 4) is 34.4 Å². The third kappa shape index (κ3) is 5.21. The van der Waals surface area contributed by atoms with E-state index in [-0.39, 0.29) is 24.5 Å². The number of nitrogens with zero attached hydrogens (tertiary/aromatic N) is 2. The molecule has 196 valence electrons. The molecule has 0 unspecified atom stereocenters. The van der Waals surface area contributed by atoms with Crippen LogP contribution in [0.5, 0.6) is 28.7 Å². The first-order valence-electron chi connectivity index (χ1n) is 12.3. The van der Waals surface area contributed by atoms with E-state index in [0.717, 1.165) is 18.7 Å². The fourth-order valence-corrected chi connectivity index (χ4v) is 4.55. The molecular formula is C28H32N2O7. The van der Waals surface area contributed by atoms with Crippen LogP contribution in [0.2, 0.25) is 0 Å². The maximum absolute atomic E-state index is 12.6. The first kappa shape index (κ1) is 25.9. The predicted octanol–water partition coefficient (Wildman–Crippen LogP) is 5.16. The highest BCUT2D eigenvalue weighted by Gasteiger charge is 2.25. The summed E-state index contributed by atoms with van der Waals surface area (Å²) in [5.74, 6) is 1.86. The minimum atomic E-state index is -1.04. The van der Waals surface area contributed by atoms with Gasteiger partial charge in [-0.2, -0.15) is 0 Å². The van der Waals surface area contributed by atoms with Crippen LogP contribution in [-0.2, 0) is 17.6 Å². The summed E-state index contributed by atoms with van der Waals surface area (Å²) < 4.78 is 23.6. The number of ether oxygens (including phenoxy) is 4. The van der Waals surface area contributed by atoms with Crippen LogP contribution in [0.3, 0.4) is 0 Å². The monoisotopic (exact) mass is 508 g/mol. The van der Waals surface area contributed by atoms with E-state index >= 15 is 0 Å². The van der Waals surface area contributed by atoms with Crippen LogP contribution < -0.4 is 18.9 Å². The molecule has 1 aliphatic heterocycles. The van der Waals surface area contributed by atoms with Crippen molar-refractivity contribution in [3.63, 3.8) is 0 Å². The number of aliphatic carboxylic acids is 1. The molecule has 4 rings (SSSR count). The van der Waals surface area contributed by atoms with Gasteiger partial charge in [0.1, 0.15) is 23.1 Å². The van der Waals surface area contributed by atoms with Crippen molar-refractivity contribution in [2.24, 2.45) is 0 Å². The number of benzene rings is 2. The lowest BCUT2D eigenvalue weighted by molar-refractivity contribution is -0.132. The first-order chi connectivity index (χ1) is 17.9. The van der Waals surface area contributed by atoms with Crippen molar-refractivity contribution in [3.05, 3.63) is 59.2 Å². The number of hydrogen-bond donors (Lipinski definition) is 2. The average molecular weight is 509 g/mol. The second-order valence-electron chi connectivity index (χ2n) is 8.66. The molecule has 1 aliphatic rings. The molecule has 0 fully saturated rings. The van der Waals surface area contributed by atoms with Crippen LogP contribution in [0, 0.1) is 0 Å². The summed E-state index contributed by atoms with van der Waals surface area (Å²) >= 11 is 0. The number of unbranched alkanes of at least 4 members (excludes halogenated alkanes) is 1. The molecule has 2 aromatic carbocycles. The van der Waals surface area contributed by atoms with E-state index in [1.54, 1.807) is 30.5 Å². The lowest BCUT2D eigenvalue weighted by Gasteiger charge is -2.18. The van der Waals surface area contributed by atoms with Crippen LogP contribution in [0.1, 0.15) is 50.2 Å². The van der Waals surface area contributed by atoms with Crippen molar-refractivity contribution in [2.45, 2.75) is 46.0 Å². The second-order valence-corrected chi connectivity index (χ2v) is 8.66. The quantitative estimate of drug-likeness (QED) is 0.342. The SMILES string of the molecule is CCCCc1ncc(C(CC)=C(Cc2cc3c(cc2OC)OCO3)C(=O)O)n1-c1ccc(OC)cc1O. The number of rotatable bonds is 11. The minimum Gasteiger partial charge on any atom is -0.506 e. The van der Waals surface area contributed by atoms with Crippen LogP contribution in [0.25, 0.3) is 11.3 Å². The van der Waals surface area contributed by atoms with Gasteiger partial charge in [0.05, 0.1) is 31.8 Å². The summed E-state index contributed by atoms with van der Waals surface area (Å²) in [7, 11) is 3.07. The van der Waals surface area contributed by atoms with E-state index < -0.39 is 5.97 Å². The van der Waals surface area contributed by atoms with E-state index in [1.165, 1.54) is 20.3 Å². The Morgan fingerprint density at radius 1 is 1.11 bits per heavy atom. The number of methoxy groups -OCH3 is 2. The van der Waals surface area contributed by atoms with Gasteiger partial charge in [0.15, 0.2) is 11.5 Å². The Morgan fingerprint density at radius 3 is 2.49 bits per heavy atom. The maximum Gasteiger partial charge on any atom is 0.332 e. The van der Waals surface area contributed by atoms with Gasteiger partial charge in [-0.3, -0.25) is 4.57 Å². The minimum absolute atomic E-state index is 0.0149. The summed E-state index contributed by atoms with van der Waals surface area (Å²) in [6, 6.07) is 8.52. The molecule has 0 spiro atoms. The Morgan fingerprint density at radius 2 is 1.86 bits per heavy atom. The molecule has 0 amide bonds. The molecule has 37 heavy (non-hydrogen) atoms. The smallest absolute Gasteiger partial charge is 0.332 e. The normalized spacial score (nSPS) is 12.9. The zero-order valence-corrected chi connectivity index (χ0v) is 21.5. The highest BCUT2D eigenvalue weighted by atomic mass is 16.7. The first-order valence-corrected chi connectivity index (χ1v) is 12.3. The van der Waals surface area contributed by atoms with Crippen molar-refractivity contribution >= 4 is 11.5 Å². The zero-order valence-electron chi connectivity index (χ0n) is 21.5. The fourth-order valence-electron chi connectivity index (χ4n) is 4.55. The molecule has 3 aromatic rings. The number of aryl methyl sites for hydroxylation is 1. The highest BCUT2D eigenvalue weighted by molar-refractivity contribution is 5.97. The molecule has 0 radical (unpaired) electrons. The number of carboxylic acids is 1. The summed E-state index contributed by atoms with van der Waals surface area (Å²) in [5.41, 5.74) is 2.61. The van der Waals surface area contributed by atoms with Crippen LogP contribution in [0.4, 0.5) is 0 Å². The summed E-state index contributed by atoms with van der Waals surface area (Å²) in [4.78, 5) is 17.3. The number of fused-ring (bicyclic) bond motifs is 1. The van der Waals surface area contributed by atoms with Crippen molar-refractivity contribution in [1.29, 1.82) is 0 Å².